The molecule has 3 rings (SSSR count). The second kappa shape index (κ2) is 15.1. The summed E-state index contributed by atoms with van der Waals surface area (Å²) in [4.78, 5) is 4.88. The SMILES string of the molecule is CCCCCCCCCCCCSSc1nnc(-c2ccccc2)c(-c2ccccc2)n1. The van der Waals surface area contributed by atoms with E-state index >= 15 is 0 Å². The third kappa shape index (κ3) is 8.59. The molecule has 0 aliphatic carbocycles. The Hall–Kier alpha value is -1.85. The van der Waals surface area contributed by atoms with Crippen LogP contribution in [-0.2, 0) is 0 Å². The molecular weight excluding hydrogens is 430 g/mol. The molecule has 0 fully saturated rings. The summed E-state index contributed by atoms with van der Waals surface area (Å²) in [5.74, 6) is 1.13. The van der Waals surface area contributed by atoms with Gasteiger partial charge in [-0.1, -0.05) is 136 Å². The lowest BCUT2D eigenvalue weighted by Gasteiger charge is -2.09. The minimum atomic E-state index is 0.737. The van der Waals surface area contributed by atoms with Crippen molar-refractivity contribution >= 4 is 21.6 Å². The van der Waals surface area contributed by atoms with Gasteiger partial charge in [-0.3, -0.25) is 0 Å². The molecule has 5 heteroatoms. The zero-order valence-electron chi connectivity index (χ0n) is 19.2. The normalized spacial score (nSPS) is 11.0. The quantitative estimate of drug-likeness (QED) is 0.165. The van der Waals surface area contributed by atoms with E-state index in [1.807, 2.05) is 47.2 Å². The molecule has 0 aliphatic heterocycles. The highest BCUT2D eigenvalue weighted by atomic mass is 33.1. The third-order valence-electron chi connectivity index (χ3n) is 5.48. The fourth-order valence-corrected chi connectivity index (χ4v) is 5.52. The number of unbranched alkanes of at least 4 members (excludes halogenated alkanes) is 9. The maximum absolute atomic E-state index is 4.88. The lowest BCUT2D eigenvalue weighted by molar-refractivity contribution is 0.563. The van der Waals surface area contributed by atoms with E-state index in [0.717, 1.165) is 33.4 Å². The van der Waals surface area contributed by atoms with E-state index in [0.29, 0.717) is 0 Å². The molecule has 0 radical (unpaired) electrons. The summed E-state index contributed by atoms with van der Waals surface area (Å²) in [5, 5.41) is 9.70. The van der Waals surface area contributed by atoms with Crippen molar-refractivity contribution in [3.05, 3.63) is 60.7 Å². The van der Waals surface area contributed by atoms with Crippen LogP contribution in [0, 0.1) is 0 Å². The van der Waals surface area contributed by atoms with Crippen LogP contribution in [0.5, 0.6) is 0 Å². The predicted octanol–water partition coefficient (Wildman–Crippen LogP) is 8.87. The summed E-state index contributed by atoms with van der Waals surface area (Å²) >= 11 is 0. The lowest BCUT2D eigenvalue weighted by atomic mass is 10.0. The first kappa shape index (κ1) is 24.8. The molecule has 0 N–H and O–H groups in total. The topological polar surface area (TPSA) is 38.7 Å². The van der Waals surface area contributed by atoms with Crippen molar-refractivity contribution in [2.24, 2.45) is 0 Å². The van der Waals surface area contributed by atoms with Gasteiger partial charge in [-0.15, -0.1) is 10.2 Å². The van der Waals surface area contributed by atoms with Gasteiger partial charge in [-0.2, -0.15) is 0 Å². The molecule has 0 atom stereocenters. The number of hydrogen-bond acceptors (Lipinski definition) is 5. The van der Waals surface area contributed by atoms with Crippen LogP contribution in [0.3, 0.4) is 0 Å². The number of rotatable bonds is 15. The summed E-state index contributed by atoms with van der Waals surface area (Å²) in [6.45, 7) is 2.28. The minimum absolute atomic E-state index is 0.737. The van der Waals surface area contributed by atoms with Crippen molar-refractivity contribution in [3.63, 3.8) is 0 Å². The molecule has 0 saturated heterocycles. The maximum atomic E-state index is 4.88. The van der Waals surface area contributed by atoms with E-state index in [1.54, 1.807) is 10.8 Å². The third-order valence-corrected chi connectivity index (χ3v) is 7.67. The summed E-state index contributed by atoms with van der Waals surface area (Å²) in [6, 6.07) is 20.5. The number of nitrogens with zero attached hydrogens (tertiary/aromatic N) is 3. The van der Waals surface area contributed by atoms with E-state index < -0.39 is 0 Å². The van der Waals surface area contributed by atoms with Crippen molar-refractivity contribution in [2.75, 3.05) is 5.75 Å². The van der Waals surface area contributed by atoms with Gasteiger partial charge in [0.25, 0.3) is 0 Å². The summed E-state index contributed by atoms with van der Waals surface area (Å²) in [7, 11) is 3.49. The van der Waals surface area contributed by atoms with Gasteiger partial charge in [-0.25, -0.2) is 4.98 Å². The van der Waals surface area contributed by atoms with Crippen LogP contribution in [0.15, 0.2) is 65.8 Å². The van der Waals surface area contributed by atoms with Crippen LogP contribution in [0.2, 0.25) is 0 Å². The summed E-state index contributed by atoms with van der Waals surface area (Å²) < 4.78 is 0. The van der Waals surface area contributed by atoms with Crippen LogP contribution in [0.1, 0.15) is 71.1 Å². The molecule has 0 bridgehead atoms. The fourth-order valence-electron chi connectivity index (χ4n) is 3.68. The smallest absolute Gasteiger partial charge is 0.218 e. The Bertz CT molecular complexity index is 888. The Balaban J connectivity index is 1.44. The van der Waals surface area contributed by atoms with E-state index in [-0.39, 0.29) is 0 Å². The molecule has 1 aromatic heterocycles. The number of hydrogen-bond donors (Lipinski definition) is 0. The molecule has 2 aromatic carbocycles. The van der Waals surface area contributed by atoms with Crippen molar-refractivity contribution in [1.29, 1.82) is 0 Å². The average Bonchev–Trinajstić information content (AvgIpc) is 2.86. The van der Waals surface area contributed by atoms with Crippen LogP contribution in [-0.4, -0.2) is 20.9 Å². The largest absolute Gasteiger partial charge is 0.220 e. The molecule has 170 valence electrons. The Labute approximate surface area is 201 Å². The van der Waals surface area contributed by atoms with Gasteiger partial charge in [0.05, 0.1) is 0 Å². The highest BCUT2D eigenvalue weighted by Crippen LogP contribution is 2.33. The molecule has 3 nitrogen and oxygen atoms in total. The monoisotopic (exact) mass is 465 g/mol. The number of benzene rings is 2. The van der Waals surface area contributed by atoms with Crippen LogP contribution < -0.4 is 0 Å². The maximum Gasteiger partial charge on any atom is 0.220 e. The standard InChI is InChI=1S/C27H35N3S2/c1-2-3-4-5-6-7-8-9-10-17-22-31-32-27-28-25(23-18-13-11-14-19-23)26(29-30-27)24-20-15-12-16-21-24/h11-16,18-21H,2-10,17,22H2,1H3. The second-order valence-corrected chi connectivity index (χ2v) is 10.5. The first-order valence-corrected chi connectivity index (χ1v) is 14.4. The fraction of sp³-hybridized carbons (Fsp3) is 0.444. The van der Waals surface area contributed by atoms with Gasteiger partial charge in [0.2, 0.25) is 5.16 Å². The molecule has 0 spiro atoms. The van der Waals surface area contributed by atoms with Gasteiger partial charge < -0.3 is 0 Å². The first-order chi connectivity index (χ1) is 15.9. The van der Waals surface area contributed by atoms with Gasteiger partial charge >= 0.3 is 0 Å². The Morgan fingerprint density at radius 1 is 0.594 bits per heavy atom. The van der Waals surface area contributed by atoms with Crippen LogP contribution >= 0.6 is 21.6 Å². The van der Waals surface area contributed by atoms with Crippen molar-refractivity contribution in [1.82, 2.24) is 15.2 Å². The van der Waals surface area contributed by atoms with Crippen LogP contribution in [0.4, 0.5) is 0 Å². The lowest BCUT2D eigenvalue weighted by Crippen LogP contribution is -1.98. The van der Waals surface area contributed by atoms with E-state index in [2.05, 4.69) is 41.4 Å². The zero-order valence-corrected chi connectivity index (χ0v) is 20.8. The molecule has 0 amide bonds. The van der Waals surface area contributed by atoms with Gasteiger partial charge in [-0.05, 0) is 17.2 Å². The van der Waals surface area contributed by atoms with E-state index in [9.17, 15) is 0 Å². The molecule has 0 unspecified atom stereocenters. The Morgan fingerprint density at radius 2 is 1.12 bits per heavy atom. The number of aromatic nitrogens is 3. The highest BCUT2D eigenvalue weighted by molar-refractivity contribution is 8.76. The van der Waals surface area contributed by atoms with Gasteiger partial charge in [0, 0.05) is 16.9 Å². The second-order valence-electron chi connectivity index (χ2n) is 8.11. The summed E-state index contributed by atoms with van der Waals surface area (Å²) in [5.41, 5.74) is 3.85. The zero-order chi connectivity index (χ0) is 22.3. The van der Waals surface area contributed by atoms with Gasteiger partial charge in [0.15, 0.2) is 0 Å². The molecule has 3 aromatic rings. The van der Waals surface area contributed by atoms with Gasteiger partial charge in [0.1, 0.15) is 11.4 Å². The minimum Gasteiger partial charge on any atom is -0.218 e. The Morgan fingerprint density at radius 3 is 1.72 bits per heavy atom. The predicted molar refractivity (Wildman–Crippen MR) is 141 cm³/mol. The molecular formula is C27H35N3S2. The first-order valence-electron chi connectivity index (χ1n) is 12.0. The van der Waals surface area contributed by atoms with E-state index in [1.165, 1.54) is 64.2 Å². The van der Waals surface area contributed by atoms with Crippen molar-refractivity contribution in [3.8, 4) is 22.5 Å². The van der Waals surface area contributed by atoms with Crippen LogP contribution in [0.25, 0.3) is 22.5 Å². The molecule has 1 heterocycles. The van der Waals surface area contributed by atoms with Crippen molar-refractivity contribution in [2.45, 2.75) is 76.3 Å². The molecule has 32 heavy (non-hydrogen) atoms. The Kier molecular flexibility index (Phi) is 11.7. The van der Waals surface area contributed by atoms with E-state index in [4.69, 9.17) is 4.98 Å². The van der Waals surface area contributed by atoms with Crippen molar-refractivity contribution < 1.29 is 0 Å². The molecule has 0 saturated carbocycles. The molecule has 0 aliphatic rings. The average molecular weight is 466 g/mol. The highest BCUT2D eigenvalue weighted by Gasteiger charge is 2.13. The summed E-state index contributed by atoms with van der Waals surface area (Å²) in [6.07, 6.45) is 13.7.